The standard InChI is InChI=1S/C28H42N4O2S/c1-4-5-24(33)34-23-9-8-19-18-6-7-21-25-22(30-26(35-25)31-32-16-14-29-15-17-32)11-13-27(21,2)20(18)10-12-28(19,23)3/h7,18-20,23,29H,4-6,8-17H2,1-3H3,(H,30,31)/t18-,19-,20-,23-,27+,28-/m0/s1. The van der Waals surface area contributed by atoms with E-state index in [0.29, 0.717) is 18.3 Å². The number of aryl methyl sites for hydroxylation is 1. The van der Waals surface area contributed by atoms with Crippen LogP contribution in [0.4, 0.5) is 5.13 Å². The molecule has 0 bridgehead atoms. The molecule has 35 heavy (non-hydrogen) atoms. The average Bonchev–Trinajstić information content (AvgIpc) is 3.40. The predicted octanol–water partition coefficient (Wildman–Crippen LogP) is 5.27. The van der Waals surface area contributed by atoms with Crippen LogP contribution in [0.5, 0.6) is 0 Å². The van der Waals surface area contributed by atoms with Gasteiger partial charge in [0, 0.05) is 38.0 Å². The van der Waals surface area contributed by atoms with Gasteiger partial charge in [0.25, 0.3) is 0 Å². The molecule has 6 nitrogen and oxygen atoms in total. The number of thiazole rings is 1. The zero-order valence-corrected chi connectivity index (χ0v) is 22.5. The molecular formula is C28H42N4O2S. The van der Waals surface area contributed by atoms with Crippen molar-refractivity contribution in [3.05, 3.63) is 16.6 Å². The summed E-state index contributed by atoms with van der Waals surface area (Å²) in [4.78, 5) is 18.8. The van der Waals surface area contributed by atoms with E-state index < -0.39 is 0 Å². The lowest BCUT2D eigenvalue weighted by atomic mass is 9.48. The predicted molar refractivity (Wildman–Crippen MR) is 141 cm³/mol. The Kier molecular flexibility index (Phi) is 6.25. The Labute approximate surface area is 214 Å². The fourth-order valence-corrected chi connectivity index (χ4v) is 9.62. The largest absolute Gasteiger partial charge is 0.462 e. The van der Waals surface area contributed by atoms with Crippen molar-refractivity contribution in [2.45, 2.75) is 84.7 Å². The van der Waals surface area contributed by atoms with Crippen LogP contribution in [-0.2, 0) is 16.0 Å². The van der Waals surface area contributed by atoms with Gasteiger partial charge in [0.15, 0.2) is 5.13 Å². The summed E-state index contributed by atoms with van der Waals surface area (Å²) in [6.45, 7) is 11.1. The Hall–Kier alpha value is -1.44. The van der Waals surface area contributed by atoms with Gasteiger partial charge >= 0.3 is 5.97 Å². The van der Waals surface area contributed by atoms with Gasteiger partial charge < -0.3 is 10.1 Å². The van der Waals surface area contributed by atoms with Gasteiger partial charge in [-0.2, -0.15) is 0 Å². The SMILES string of the molecule is CCCC(=O)O[C@H]1CC[C@H]2[C@@H]3CC=C4c5sc(NN6CCNCC6)nc5CC[C@]4(C)[C@H]3CC[C@]12C. The van der Waals surface area contributed by atoms with E-state index in [2.05, 4.69) is 42.6 Å². The van der Waals surface area contributed by atoms with E-state index in [1.54, 1.807) is 5.57 Å². The average molecular weight is 499 g/mol. The minimum Gasteiger partial charge on any atom is -0.462 e. The molecule has 2 saturated carbocycles. The number of esters is 1. The molecule has 6 rings (SSSR count). The Balaban J connectivity index is 1.23. The minimum absolute atomic E-state index is 0.00882. The second kappa shape index (κ2) is 9.14. The van der Waals surface area contributed by atoms with E-state index in [4.69, 9.17) is 9.72 Å². The maximum atomic E-state index is 12.3. The highest BCUT2D eigenvalue weighted by atomic mass is 32.1. The first-order valence-electron chi connectivity index (χ1n) is 14.0. The highest BCUT2D eigenvalue weighted by molar-refractivity contribution is 7.16. The summed E-state index contributed by atoms with van der Waals surface area (Å²) in [5.41, 5.74) is 6.88. The van der Waals surface area contributed by atoms with Crippen LogP contribution in [0.3, 0.4) is 0 Å². The van der Waals surface area contributed by atoms with Crippen LogP contribution < -0.4 is 10.7 Å². The van der Waals surface area contributed by atoms with Gasteiger partial charge in [0.05, 0.1) is 10.6 Å². The van der Waals surface area contributed by atoms with Crippen LogP contribution in [0, 0.1) is 28.6 Å². The number of hydrazine groups is 1. The number of anilines is 1. The number of carbonyl (C=O) groups excluding carboxylic acids is 1. The van der Waals surface area contributed by atoms with Crippen molar-refractivity contribution in [2.24, 2.45) is 28.6 Å². The van der Waals surface area contributed by atoms with Crippen LogP contribution in [-0.4, -0.2) is 48.2 Å². The van der Waals surface area contributed by atoms with Gasteiger partial charge in [-0.1, -0.05) is 38.2 Å². The molecule has 0 amide bonds. The molecule has 4 aliphatic carbocycles. The Morgan fingerprint density at radius 1 is 1.23 bits per heavy atom. The molecule has 1 aromatic heterocycles. The van der Waals surface area contributed by atoms with E-state index in [9.17, 15) is 4.79 Å². The van der Waals surface area contributed by atoms with E-state index in [1.165, 1.54) is 42.7 Å². The van der Waals surface area contributed by atoms with E-state index in [0.717, 1.165) is 56.5 Å². The van der Waals surface area contributed by atoms with Gasteiger partial charge in [-0.05, 0) is 80.1 Å². The quantitative estimate of drug-likeness (QED) is 0.539. The smallest absolute Gasteiger partial charge is 0.306 e. The minimum atomic E-state index is 0.00882. The van der Waals surface area contributed by atoms with Crippen molar-refractivity contribution in [2.75, 3.05) is 31.6 Å². The van der Waals surface area contributed by atoms with Gasteiger partial charge in [-0.25, -0.2) is 9.99 Å². The number of carbonyl (C=O) groups is 1. The maximum absolute atomic E-state index is 12.3. The van der Waals surface area contributed by atoms with E-state index >= 15 is 0 Å². The Bertz CT molecular complexity index is 1000. The number of nitrogens with one attached hydrogen (secondary N) is 2. The highest BCUT2D eigenvalue weighted by Gasteiger charge is 2.60. The lowest BCUT2D eigenvalue weighted by Gasteiger charge is -2.56. The maximum Gasteiger partial charge on any atom is 0.306 e. The summed E-state index contributed by atoms with van der Waals surface area (Å²) in [7, 11) is 0. The normalized spacial score (nSPS) is 38.5. The van der Waals surface area contributed by atoms with Crippen LogP contribution in [0.25, 0.3) is 5.57 Å². The molecular weight excluding hydrogens is 456 g/mol. The van der Waals surface area contributed by atoms with Gasteiger partial charge in [0.1, 0.15) is 6.10 Å². The molecule has 1 aliphatic heterocycles. The van der Waals surface area contributed by atoms with Crippen LogP contribution in [0.2, 0.25) is 0 Å². The third-order valence-corrected chi connectivity index (χ3v) is 11.3. The number of fused-ring (bicyclic) bond motifs is 7. The summed E-state index contributed by atoms with van der Waals surface area (Å²) in [5, 5.41) is 6.79. The van der Waals surface area contributed by atoms with Crippen LogP contribution in [0.1, 0.15) is 82.7 Å². The lowest BCUT2D eigenvalue weighted by Crippen LogP contribution is -2.50. The Morgan fingerprint density at radius 3 is 2.86 bits per heavy atom. The summed E-state index contributed by atoms with van der Waals surface area (Å²) >= 11 is 1.87. The zero-order chi connectivity index (χ0) is 24.2. The molecule has 0 unspecified atom stereocenters. The molecule has 0 aromatic carbocycles. The fourth-order valence-electron chi connectivity index (χ4n) is 8.40. The number of piperazine rings is 1. The first-order chi connectivity index (χ1) is 16.9. The molecule has 0 radical (unpaired) electrons. The van der Waals surface area contributed by atoms with Gasteiger partial charge in [-0.15, -0.1) is 0 Å². The summed E-state index contributed by atoms with van der Waals surface area (Å²) in [5.74, 6) is 2.12. The van der Waals surface area contributed by atoms with Gasteiger partial charge in [-0.3, -0.25) is 10.2 Å². The number of allylic oxidation sites excluding steroid dienone is 2. The number of hydrogen-bond acceptors (Lipinski definition) is 7. The monoisotopic (exact) mass is 498 g/mol. The van der Waals surface area contributed by atoms with E-state index in [1.807, 2.05) is 11.3 Å². The second-order valence-corrected chi connectivity index (χ2v) is 13.1. The van der Waals surface area contributed by atoms with Crippen molar-refractivity contribution >= 4 is 28.0 Å². The second-order valence-electron chi connectivity index (χ2n) is 12.1. The highest BCUT2D eigenvalue weighted by Crippen LogP contribution is 2.66. The number of aromatic nitrogens is 1. The topological polar surface area (TPSA) is 66.5 Å². The summed E-state index contributed by atoms with van der Waals surface area (Å²) < 4.78 is 6.07. The first kappa shape index (κ1) is 23.9. The molecule has 7 heteroatoms. The number of nitrogens with zero attached hydrogens (tertiary/aromatic N) is 2. The van der Waals surface area contributed by atoms with Crippen LogP contribution >= 0.6 is 11.3 Å². The number of hydrogen-bond donors (Lipinski definition) is 2. The Morgan fingerprint density at radius 2 is 2.06 bits per heavy atom. The summed E-state index contributed by atoms with van der Waals surface area (Å²) in [6.07, 6.45) is 12.3. The number of rotatable bonds is 5. The summed E-state index contributed by atoms with van der Waals surface area (Å²) in [6, 6.07) is 0. The first-order valence-corrected chi connectivity index (χ1v) is 14.9. The molecule has 3 fully saturated rings. The molecule has 1 aromatic rings. The molecule has 6 atom stereocenters. The fraction of sp³-hybridized carbons (Fsp3) is 0.786. The third-order valence-electron chi connectivity index (χ3n) is 10.3. The van der Waals surface area contributed by atoms with Crippen molar-refractivity contribution < 1.29 is 9.53 Å². The van der Waals surface area contributed by atoms with Crippen molar-refractivity contribution in [1.29, 1.82) is 0 Å². The molecule has 0 spiro atoms. The molecule has 192 valence electrons. The third kappa shape index (κ3) is 3.97. The molecule has 5 aliphatic rings. The molecule has 1 saturated heterocycles. The lowest BCUT2D eigenvalue weighted by molar-refractivity contribution is -0.159. The van der Waals surface area contributed by atoms with Crippen molar-refractivity contribution in [3.63, 3.8) is 0 Å². The van der Waals surface area contributed by atoms with Crippen LogP contribution in [0.15, 0.2) is 6.08 Å². The van der Waals surface area contributed by atoms with E-state index in [-0.39, 0.29) is 22.9 Å². The van der Waals surface area contributed by atoms with Crippen molar-refractivity contribution in [1.82, 2.24) is 15.3 Å². The molecule has 2 N–H and O–H groups in total. The van der Waals surface area contributed by atoms with Crippen molar-refractivity contribution in [3.8, 4) is 0 Å². The molecule has 2 heterocycles. The number of ether oxygens (including phenoxy) is 1. The van der Waals surface area contributed by atoms with Gasteiger partial charge in [0.2, 0.25) is 0 Å². The zero-order valence-electron chi connectivity index (χ0n) is 21.7.